The van der Waals surface area contributed by atoms with Gasteiger partial charge in [-0.1, -0.05) is 32.0 Å². The van der Waals surface area contributed by atoms with Gasteiger partial charge in [0.1, 0.15) is 0 Å². The molecule has 1 aliphatic rings. The molecule has 1 amide bonds. The topological polar surface area (TPSA) is 58.4 Å². The van der Waals surface area contributed by atoms with Crippen LogP contribution in [0.2, 0.25) is 0 Å². The quantitative estimate of drug-likeness (QED) is 0.831. The van der Waals surface area contributed by atoms with E-state index in [1.54, 1.807) is 0 Å². The van der Waals surface area contributed by atoms with Crippen molar-refractivity contribution in [1.82, 2.24) is 5.32 Å². The molecule has 1 aromatic carbocycles. The van der Waals surface area contributed by atoms with Crippen molar-refractivity contribution in [2.24, 2.45) is 17.6 Å². The Morgan fingerprint density at radius 1 is 1.45 bits per heavy atom. The molecule has 1 heterocycles. The summed E-state index contributed by atoms with van der Waals surface area (Å²) >= 11 is 0. The predicted octanol–water partition coefficient (Wildman–Crippen LogP) is 1.74. The highest BCUT2D eigenvalue weighted by molar-refractivity contribution is 5.78. The molecule has 1 unspecified atom stereocenters. The first-order valence-corrected chi connectivity index (χ1v) is 7.40. The number of carbonyl (C=O) groups is 1. The van der Waals surface area contributed by atoms with Crippen molar-refractivity contribution in [1.29, 1.82) is 0 Å². The number of hydrogen-bond donors (Lipinski definition) is 2. The van der Waals surface area contributed by atoms with Crippen molar-refractivity contribution < 1.29 is 4.79 Å². The van der Waals surface area contributed by atoms with E-state index in [1.807, 2.05) is 0 Å². The number of anilines is 1. The van der Waals surface area contributed by atoms with Gasteiger partial charge in [-0.05, 0) is 30.5 Å². The zero-order valence-electron chi connectivity index (χ0n) is 12.4. The number of hydrogen-bond acceptors (Lipinski definition) is 3. The smallest absolute Gasteiger partial charge is 0.222 e. The van der Waals surface area contributed by atoms with E-state index in [4.69, 9.17) is 5.73 Å². The van der Waals surface area contributed by atoms with Gasteiger partial charge in [0.15, 0.2) is 0 Å². The zero-order valence-corrected chi connectivity index (χ0v) is 12.4. The lowest BCUT2D eigenvalue weighted by Crippen LogP contribution is -2.28. The number of para-hydroxylation sites is 1. The van der Waals surface area contributed by atoms with Gasteiger partial charge < -0.3 is 16.0 Å². The summed E-state index contributed by atoms with van der Waals surface area (Å²) in [5.41, 5.74) is 7.93. The van der Waals surface area contributed by atoms with Crippen LogP contribution in [0.5, 0.6) is 0 Å². The van der Waals surface area contributed by atoms with E-state index >= 15 is 0 Å². The van der Waals surface area contributed by atoms with Gasteiger partial charge in [0.2, 0.25) is 5.91 Å². The second-order valence-electron chi connectivity index (χ2n) is 5.99. The average molecular weight is 275 g/mol. The molecule has 3 N–H and O–H groups in total. The Morgan fingerprint density at radius 3 is 2.85 bits per heavy atom. The molecule has 110 valence electrons. The Labute approximate surface area is 121 Å². The standard InChI is InChI=1S/C16H25N3O/c1-12(2)9-18-10-13-5-3-4-6-15(13)19-8-7-14(11-19)16(17)20/h3-6,12,14,18H,7-11H2,1-2H3,(H2,17,20). The Hall–Kier alpha value is -1.55. The maximum absolute atomic E-state index is 11.3. The van der Waals surface area contributed by atoms with Crippen molar-refractivity contribution in [2.45, 2.75) is 26.8 Å². The van der Waals surface area contributed by atoms with Gasteiger partial charge in [0, 0.05) is 25.3 Å². The van der Waals surface area contributed by atoms with Crippen LogP contribution in [0.25, 0.3) is 0 Å². The second kappa shape index (κ2) is 6.75. The average Bonchev–Trinajstić information content (AvgIpc) is 2.88. The molecule has 4 heteroatoms. The highest BCUT2D eigenvalue weighted by atomic mass is 16.1. The molecular formula is C16H25N3O. The first-order chi connectivity index (χ1) is 9.58. The maximum atomic E-state index is 11.3. The molecule has 2 rings (SSSR count). The monoisotopic (exact) mass is 275 g/mol. The number of amides is 1. The van der Waals surface area contributed by atoms with Gasteiger partial charge in [-0.15, -0.1) is 0 Å². The molecule has 1 aromatic rings. The first-order valence-electron chi connectivity index (χ1n) is 7.40. The van der Waals surface area contributed by atoms with E-state index in [2.05, 4.69) is 48.3 Å². The van der Waals surface area contributed by atoms with Crippen LogP contribution in [0, 0.1) is 11.8 Å². The summed E-state index contributed by atoms with van der Waals surface area (Å²) in [7, 11) is 0. The van der Waals surface area contributed by atoms with Crippen molar-refractivity contribution >= 4 is 11.6 Å². The lowest BCUT2D eigenvalue weighted by molar-refractivity contribution is -0.121. The van der Waals surface area contributed by atoms with Gasteiger partial charge >= 0.3 is 0 Å². The number of nitrogens with zero attached hydrogens (tertiary/aromatic N) is 1. The van der Waals surface area contributed by atoms with E-state index in [9.17, 15) is 4.79 Å². The maximum Gasteiger partial charge on any atom is 0.222 e. The van der Waals surface area contributed by atoms with Crippen molar-refractivity contribution in [3.8, 4) is 0 Å². The van der Waals surface area contributed by atoms with Crippen LogP contribution in [-0.2, 0) is 11.3 Å². The van der Waals surface area contributed by atoms with Gasteiger partial charge in [-0.25, -0.2) is 0 Å². The molecule has 4 nitrogen and oxygen atoms in total. The minimum Gasteiger partial charge on any atom is -0.370 e. The summed E-state index contributed by atoms with van der Waals surface area (Å²) in [5.74, 6) is 0.461. The third-order valence-electron chi connectivity index (χ3n) is 3.79. The van der Waals surface area contributed by atoms with Crippen molar-refractivity contribution in [3.05, 3.63) is 29.8 Å². The molecule has 0 radical (unpaired) electrons. The van der Waals surface area contributed by atoms with Gasteiger partial charge in [0.05, 0.1) is 5.92 Å². The van der Waals surface area contributed by atoms with Crippen molar-refractivity contribution in [2.75, 3.05) is 24.5 Å². The highest BCUT2D eigenvalue weighted by Gasteiger charge is 2.27. The normalized spacial score (nSPS) is 18.8. The largest absolute Gasteiger partial charge is 0.370 e. The molecule has 20 heavy (non-hydrogen) atoms. The molecule has 1 aliphatic heterocycles. The highest BCUT2D eigenvalue weighted by Crippen LogP contribution is 2.27. The molecule has 1 atom stereocenters. The fraction of sp³-hybridized carbons (Fsp3) is 0.562. The molecule has 0 aliphatic carbocycles. The Balaban J connectivity index is 2.02. The molecule has 0 saturated carbocycles. The van der Waals surface area contributed by atoms with Crippen LogP contribution in [-0.4, -0.2) is 25.5 Å². The van der Waals surface area contributed by atoms with E-state index in [1.165, 1.54) is 11.3 Å². The molecular weight excluding hydrogens is 250 g/mol. The summed E-state index contributed by atoms with van der Waals surface area (Å²) in [4.78, 5) is 13.6. The van der Waals surface area contributed by atoms with E-state index < -0.39 is 0 Å². The summed E-state index contributed by atoms with van der Waals surface area (Å²) < 4.78 is 0. The SMILES string of the molecule is CC(C)CNCc1ccccc1N1CCC(C(N)=O)C1. The van der Waals surface area contributed by atoms with Crippen LogP contribution in [0.4, 0.5) is 5.69 Å². The van der Waals surface area contributed by atoms with E-state index in [-0.39, 0.29) is 11.8 Å². The lowest BCUT2D eigenvalue weighted by Gasteiger charge is -2.22. The molecule has 0 spiro atoms. The van der Waals surface area contributed by atoms with Crippen LogP contribution >= 0.6 is 0 Å². The minimum atomic E-state index is -0.178. The lowest BCUT2D eigenvalue weighted by atomic mass is 10.1. The molecule has 0 aromatic heterocycles. The van der Waals surface area contributed by atoms with E-state index in [0.29, 0.717) is 5.92 Å². The van der Waals surface area contributed by atoms with Crippen LogP contribution in [0.15, 0.2) is 24.3 Å². The number of nitrogens with one attached hydrogen (secondary N) is 1. The third kappa shape index (κ3) is 3.73. The number of carbonyl (C=O) groups excluding carboxylic acids is 1. The fourth-order valence-corrected chi connectivity index (χ4v) is 2.68. The van der Waals surface area contributed by atoms with Crippen LogP contribution < -0.4 is 16.0 Å². The van der Waals surface area contributed by atoms with Crippen molar-refractivity contribution in [3.63, 3.8) is 0 Å². The van der Waals surface area contributed by atoms with Gasteiger partial charge in [-0.3, -0.25) is 4.79 Å². The Bertz CT molecular complexity index is 459. The summed E-state index contributed by atoms with van der Waals surface area (Å²) in [6, 6.07) is 8.41. The van der Waals surface area contributed by atoms with E-state index in [0.717, 1.165) is 32.6 Å². The summed E-state index contributed by atoms with van der Waals surface area (Å²) in [6.45, 7) is 7.95. The molecule has 1 saturated heterocycles. The number of benzene rings is 1. The third-order valence-corrected chi connectivity index (χ3v) is 3.79. The van der Waals surface area contributed by atoms with Crippen LogP contribution in [0.1, 0.15) is 25.8 Å². The number of primary amides is 1. The van der Waals surface area contributed by atoms with Crippen LogP contribution in [0.3, 0.4) is 0 Å². The summed E-state index contributed by atoms with van der Waals surface area (Å²) in [6.07, 6.45) is 0.864. The molecule has 0 bridgehead atoms. The number of rotatable bonds is 6. The Morgan fingerprint density at radius 2 is 2.20 bits per heavy atom. The minimum absolute atomic E-state index is 0.00770. The zero-order chi connectivity index (χ0) is 14.5. The second-order valence-corrected chi connectivity index (χ2v) is 5.99. The fourth-order valence-electron chi connectivity index (χ4n) is 2.68. The summed E-state index contributed by atoms with van der Waals surface area (Å²) in [5, 5.41) is 3.48. The van der Waals surface area contributed by atoms with Gasteiger partial charge in [0.25, 0.3) is 0 Å². The number of nitrogens with two attached hydrogens (primary N) is 1. The Kier molecular flexibility index (Phi) is 5.01. The van der Waals surface area contributed by atoms with Gasteiger partial charge in [-0.2, -0.15) is 0 Å². The molecule has 1 fully saturated rings. The first kappa shape index (κ1) is 14.9. The predicted molar refractivity (Wildman–Crippen MR) is 82.5 cm³/mol.